The predicted molar refractivity (Wildman–Crippen MR) is 80.7 cm³/mol. The van der Waals surface area contributed by atoms with E-state index in [1.54, 1.807) is 0 Å². The first kappa shape index (κ1) is 15.3. The first-order valence-electron chi connectivity index (χ1n) is 7.28. The Bertz CT molecular complexity index is 524. The summed E-state index contributed by atoms with van der Waals surface area (Å²) in [7, 11) is 0. The fourth-order valence-corrected chi connectivity index (χ4v) is 2.45. The zero-order valence-electron chi connectivity index (χ0n) is 12.5. The molecule has 4 nitrogen and oxygen atoms in total. The minimum absolute atomic E-state index is 0.156. The number of hydrogen-bond acceptors (Lipinski definition) is 3. The van der Waals surface area contributed by atoms with Gasteiger partial charge >= 0.3 is 6.09 Å². The van der Waals surface area contributed by atoms with Crippen LogP contribution in [0.5, 0.6) is 0 Å². The van der Waals surface area contributed by atoms with Crippen LogP contribution in [-0.2, 0) is 16.0 Å². The van der Waals surface area contributed by atoms with Gasteiger partial charge in [0.25, 0.3) is 0 Å². The third-order valence-electron chi connectivity index (χ3n) is 3.66. The summed E-state index contributed by atoms with van der Waals surface area (Å²) in [6.45, 7) is 4.03. The van der Waals surface area contributed by atoms with Gasteiger partial charge in [-0.25, -0.2) is 9.69 Å². The van der Waals surface area contributed by atoms with E-state index in [1.165, 1.54) is 4.90 Å². The zero-order valence-corrected chi connectivity index (χ0v) is 12.5. The normalized spacial score (nSPS) is 19.8. The van der Waals surface area contributed by atoms with E-state index in [9.17, 15) is 9.59 Å². The lowest BCUT2D eigenvalue weighted by molar-refractivity contribution is -0.132. The Hall–Kier alpha value is -2.10. The van der Waals surface area contributed by atoms with E-state index < -0.39 is 6.09 Å². The maximum atomic E-state index is 12.5. The van der Waals surface area contributed by atoms with Crippen LogP contribution >= 0.6 is 0 Å². The number of amides is 2. The van der Waals surface area contributed by atoms with E-state index in [0.717, 1.165) is 5.56 Å². The van der Waals surface area contributed by atoms with Crippen LogP contribution < -0.4 is 0 Å². The molecule has 2 amide bonds. The van der Waals surface area contributed by atoms with E-state index in [0.29, 0.717) is 12.8 Å². The highest BCUT2D eigenvalue weighted by Gasteiger charge is 2.39. The minimum Gasteiger partial charge on any atom is -0.447 e. The van der Waals surface area contributed by atoms with Crippen molar-refractivity contribution in [2.24, 2.45) is 5.92 Å². The minimum atomic E-state index is -0.520. The van der Waals surface area contributed by atoms with Crippen LogP contribution in [0.2, 0.25) is 0 Å². The van der Waals surface area contributed by atoms with Crippen LogP contribution in [0.15, 0.2) is 42.5 Å². The molecule has 1 aromatic rings. The van der Waals surface area contributed by atoms with Crippen molar-refractivity contribution in [3.63, 3.8) is 0 Å². The van der Waals surface area contributed by atoms with Gasteiger partial charge in [-0.2, -0.15) is 0 Å². The molecule has 0 N–H and O–H groups in total. The summed E-state index contributed by atoms with van der Waals surface area (Å²) in [5, 5.41) is 0. The third kappa shape index (κ3) is 3.72. The summed E-state index contributed by atoms with van der Waals surface area (Å²) in [4.78, 5) is 25.6. The summed E-state index contributed by atoms with van der Waals surface area (Å²) in [6, 6.07) is 9.63. The largest absolute Gasteiger partial charge is 0.447 e. The van der Waals surface area contributed by atoms with Crippen LogP contribution in [0.25, 0.3) is 0 Å². The highest BCUT2D eigenvalue weighted by molar-refractivity contribution is 5.94. The highest BCUT2D eigenvalue weighted by Crippen LogP contribution is 2.21. The highest BCUT2D eigenvalue weighted by atomic mass is 16.6. The molecule has 1 fully saturated rings. The van der Waals surface area contributed by atoms with Gasteiger partial charge in [0.1, 0.15) is 6.61 Å². The number of cyclic esters (lactones) is 1. The fourth-order valence-electron chi connectivity index (χ4n) is 2.45. The molecular weight excluding hydrogens is 266 g/mol. The Morgan fingerprint density at radius 3 is 2.81 bits per heavy atom. The molecule has 21 heavy (non-hydrogen) atoms. The van der Waals surface area contributed by atoms with Gasteiger partial charge in [0.05, 0.1) is 6.04 Å². The van der Waals surface area contributed by atoms with Gasteiger partial charge in [-0.3, -0.25) is 4.79 Å². The van der Waals surface area contributed by atoms with E-state index in [4.69, 9.17) is 4.74 Å². The molecule has 0 aliphatic carbocycles. The van der Waals surface area contributed by atoms with E-state index in [2.05, 4.69) is 0 Å². The van der Waals surface area contributed by atoms with Gasteiger partial charge in [0.15, 0.2) is 0 Å². The molecule has 2 atom stereocenters. The second kappa shape index (κ2) is 7.07. The van der Waals surface area contributed by atoms with Crippen LogP contribution in [0, 0.1) is 5.92 Å². The van der Waals surface area contributed by atoms with Gasteiger partial charge in [-0.15, -0.1) is 0 Å². The quantitative estimate of drug-likeness (QED) is 0.781. The Balaban J connectivity index is 2.07. The van der Waals surface area contributed by atoms with Gasteiger partial charge in [0.2, 0.25) is 5.91 Å². The molecule has 1 saturated heterocycles. The smallest absolute Gasteiger partial charge is 0.416 e. The number of benzene rings is 1. The molecule has 0 unspecified atom stereocenters. The SMILES string of the molecule is C/C=C/C[C@H](C)C(=O)N1C(=O)OC[C@@H]1Cc1ccccc1. The summed E-state index contributed by atoms with van der Waals surface area (Å²) in [6.07, 6.45) is 4.60. The van der Waals surface area contributed by atoms with Crippen molar-refractivity contribution in [3.05, 3.63) is 48.0 Å². The second-order valence-electron chi connectivity index (χ2n) is 5.33. The molecule has 1 heterocycles. The van der Waals surface area contributed by atoms with E-state index >= 15 is 0 Å². The van der Waals surface area contributed by atoms with Crippen molar-refractivity contribution in [1.29, 1.82) is 0 Å². The van der Waals surface area contributed by atoms with Crippen molar-refractivity contribution in [3.8, 4) is 0 Å². The molecule has 0 aromatic heterocycles. The molecular formula is C17H21NO3. The monoisotopic (exact) mass is 287 g/mol. The molecule has 2 rings (SSSR count). The molecule has 0 bridgehead atoms. The van der Waals surface area contributed by atoms with Crippen LogP contribution in [0.1, 0.15) is 25.8 Å². The first-order chi connectivity index (χ1) is 10.1. The maximum Gasteiger partial charge on any atom is 0.416 e. The van der Waals surface area contributed by atoms with Crippen molar-refractivity contribution >= 4 is 12.0 Å². The van der Waals surface area contributed by atoms with Gasteiger partial charge in [-0.1, -0.05) is 49.4 Å². The zero-order chi connectivity index (χ0) is 15.2. The maximum absolute atomic E-state index is 12.5. The third-order valence-corrected chi connectivity index (χ3v) is 3.66. The Kier molecular flexibility index (Phi) is 5.14. The fraction of sp³-hybridized carbons (Fsp3) is 0.412. The van der Waals surface area contributed by atoms with Crippen molar-refractivity contribution < 1.29 is 14.3 Å². The Labute approximate surface area is 125 Å². The number of rotatable bonds is 5. The Morgan fingerprint density at radius 2 is 2.14 bits per heavy atom. The number of hydrogen-bond donors (Lipinski definition) is 0. The Morgan fingerprint density at radius 1 is 1.43 bits per heavy atom. The number of carbonyl (C=O) groups is 2. The molecule has 112 valence electrons. The lowest BCUT2D eigenvalue weighted by Gasteiger charge is -2.22. The lowest BCUT2D eigenvalue weighted by atomic mass is 10.0. The van der Waals surface area contributed by atoms with Crippen LogP contribution in [0.3, 0.4) is 0 Å². The molecule has 0 spiro atoms. The van der Waals surface area contributed by atoms with Crippen LogP contribution in [-0.4, -0.2) is 29.5 Å². The molecule has 4 heteroatoms. The first-order valence-corrected chi connectivity index (χ1v) is 7.28. The predicted octanol–water partition coefficient (Wildman–Crippen LogP) is 3.18. The average Bonchev–Trinajstić information content (AvgIpc) is 2.85. The average molecular weight is 287 g/mol. The number of ether oxygens (including phenoxy) is 1. The van der Waals surface area contributed by atoms with E-state index in [1.807, 2.05) is 56.3 Å². The number of carbonyl (C=O) groups excluding carboxylic acids is 2. The number of allylic oxidation sites excluding steroid dienone is 2. The van der Waals surface area contributed by atoms with Crippen LogP contribution in [0.4, 0.5) is 4.79 Å². The van der Waals surface area contributed by atoms with Crippen molar-refractivity contribution in [2.75, 3.05) is 6.61 Å². The number of imide groups is 1. The van der Waals surface area contributed by atoms with E-state index in [-0.39, 0.29) is 24.5 Å². The second-order valence-corrected chi connectivity index (χ2v) is 5.33. The van der Waals surface area contributed by atoms with Gasteiger partial charge in [0, 0.05) is 5.92 Å². The lowest BCUT2D eigenvalue weighted by Crippen LogP contribution is -2.42. The summed E-state index contributed by atoms with van der Waals surface area (Å²) >= 11 is 0. The van der Waals surface area contributed by atoms with Crippen molar-refractivity contribution in [2.45, 2.75) is 32.7 Å². The molecule has 1 aliphatic rings. The summed E-state index contributed by atoms with van der Waals surface area (Å²) in [5.41, 5.74) is 1.10. The molecule has 0 radical (unpaired) electrons. The topological polar surface area (TPSA) is 46.6 Å². The molecule has 0 saturated carbocycles. The van der Waals surface area contributed by atoms with Gasteiger partial charge < -0.3 is 4.74 Å². The molecule has 1 aromatic carbocycles. The summed E-state index contributed by atoms with van der Waals surface area (Å²) < 4.78 is 5.07. The van der Waals surface area contributed by atoms with Crippen molar-refractivity contribution in [1.82, 2.24) is 4.90 Å². The summed E-state index contributed by atoms with van der Waals surface area (Å²) in [5.74, 6) is -0.373. The number of nitrogens with zero attached hydrogens (tertiary/aromatic N) is 1. The molecule has 1 aliphatic heterocycles. The van der Waals surface area contributed by atoms with Gasteiger partial charge in [-0.05, 0) is 25.3 Å². The standard InChI is InChI=1S/C17H21NO3/c1-3-4-8-13(2)16(19)18-15(12-21-17(18)20)11-14-9-6-5-7-10-14/h3-7,9-10,13,15H,8,11-12H2,1-2H3/b4-3+/t13-,15-/m0/s1.